The lowest BCUT2D eigenvalue weighted by molar-refractivity contribution is -0.138. The second kappa shape index (κ2) is 9.73. The molecule has 1 fully saturated rings. The second-order valence-corrected chi connectivity index (χ2v) is 5.15. The lowest BCUT2D eigenvalue weighted by Gasteiger charge is -2.28. The molecule has 0 aromatic carbocycles. The molecule has 0 saturated carbocycles. The molecule has 0 unspecified atom stereocenters. The molecule has 0 bridgehead atoms. The molecule has 1 saturated heterocycles. The van der Waals surface area contributed by atoms with Crippen LogP contribution >= 0.6 is 0 Å². The van der Waals surface area contributed by atoms with Crippen molar-refractivity contribution in [3.8, 4) is 0 Å². The van der Waals surface area contributed by atoms with Crippen molar-refractivity contribution in [1.29, 1.82) is 0 Å². The maximum Gasteiger partial charge on any atom is 0.225 e. The van der Waals surface area contributed by atoms with Crippen LogP contribution < -0.4 is 0 Å². The summed E-state index contributed by atoms with van der Waals surface area (Å²) in [5, 5.41) is 0. The predicted octanol–water partition coefficient (Wildman–Crippen LogP) is 2.29. The minimum Gasteiger partial charge on any atom is -0.378 e. The lowest BCUT2D eigenvalue weighted by Crippen LogP contribution is -2.42. The van der Waals surface area contributed by atoms with Crippen LogP contribution in [0.15, 0.2) is 12.2 Å². The summed E-state index contributed by atoms with van der Waals surface area (Å²) in [6.07, 6.45) is 3.37. The number of hydrogen-bond acceptors (Lipinski definition) is 3. The third-order valence-corrected chi connectivity index (χ3v) is 2.72. The summed E-state index contributed by atoms with van der Waals surface area (Å²) in [7, 11) is 0. The Balaban J connectivity index is 0.000000362. The van der Waals surface area contributed by atoms with E-state index in [1.54, 1.807) is 12.2 Å². The van der Waals surface area contributed by atoms with Gasteiger partial charge in [0, 0.05) is 24.9 Å². The van der Waals surface area contributed by atoms with Crippen LogP contribution in [0.4, 0.5) is 0 Å². The molecule has 1 rings (SSSR count). The maximum atomic E-state index is 11.4. The molecule has 1 heterocycles. The number of rotatable bonds is 3. The van der Waals surface area contributed by atoms with Gasteiger partial charge in [-0.3, -0.25) is 9.59 Å². The minimum atomic E-state index is 0.119. The molecule has 4 heteroatoms. The summed E-state index contributed by atoms with van der Waals surface area (Å²) < 4.78 is 5.14. The first-order chi connectivity index (χ1) is 8.90. The molecular formula is C15H27NO3. The van der Waals surface area contributed by atoms with Gasteiger partial charge in [-0.25, -0.2) is 0 Å². The van der Waals surface area contributed by atoms with Gasteiger partial charge in [-0.15, -0.1) is 0 Å². The molecule has 0 aromatic heterocycles. The normalized spacial score (nSPS) is 15.6. The Morgan fingerprint density at radius 2 is 1.58 bits per heavy atom. The van der Waals surface area contributed by atoms with Gasteiger partial charge >= 0.3 is 0 Å². The van der Waals surface area contributed by atoms with Crippen molar-refractivity contribution < 1.29 is 14.3 Å². The van der Waals surface area contributed by atoms with Crippen LogP contribution in [0.5, 0.6) is 0 Å². The average molecular weight is 269 g/mol. The van der Waals surface area contributed by atoms with E-state index in [0.29, 0.717) is 13.2 Å². The van der Waals surface area contributed by atoms with Gasteiger partial charge in [0.15, 0.2) is 5.78 Å². The van der Waals surface area contributed by atoms with Crippen molar-refractivity contribution in [3.63, 3.8) is 0 Å². The van der Waals surface area contributed by atoms with Crippen LogP contribution in [0.3, 0.4) is 0 Å². The third-order valence-electron chi connectivity index (χ3n) is 2.72. The summed E-state index contributed by atoms with van der Waals surface area (Å²) in [4.78, 5) is 23.9. The number of carbonyl (C=O) groups excluding carboxylic acids is 2. The van der Waals surface area contributed by atoms with Gasteiger partial charge in [0.25, 0.3) is 0 Å². The fourth-order valence-corrected chi connectivity index (χ4v) is 1.51. The Bertz CT molecular complexity index is 303. The number of ketones is 1. The van der Waals surface area contributed by atoms with E-state index in [0.717, 1.165) is 13.1 Å². The highest BCUT2D eigenvalue weighted by Crippen LogP contribution is 2.03. The summed E-state index contributed by atoms with van der Waals surface area (Å²) >= 11 is 0. The van der Waals surface area contributed by atoms with E-state index in [2.05, 4.69) is 0 Å². The molecule has 0 spiro atoms. The van der Waals surface area contributed by atoms with Gasteiger partial charge in [-0.2, -0.15) is 0 Å². The van der Waals surface area contributed by atoms with Crippen LogP contribution in [0.1, 0.15) is 34.6 Å². The molecule has 0 atom stereocenters. The Morgan fingerprint density at radius 3 is 1.89 bits per heavy atom. The minimum absolute atomic E-state index is 0.119. The van der Waals surface area contributed by atoms with E-state index in [1.807, 2.05) is 39.5 Å². The number of hydrogen-bond donors (Lipinski definition) is 0. The summed E-state index contributed by atoms with van der Waals surface area (Å²) in [6.45, 7) is 12.4. The standard InChI is InChI=1S/C8H15NO2.C7H12O/c1-7(2)8(10)9-3-5-11-6-4-9;1-4-5-7(8)6(2)3/h7H,3-6H2,1-2H3;4-6H,1-3H3. The molecule has 19 heavy (non-hydrogen) atoms. The molecule has 0 N–H and O–H groups in total. The number of nitrogens with zero attached hydrogens (tertiary/aromatic N) is 1. The monoisotopic (exact) mass is 269 g/mol. The molecule has 110 valence electrons. The van der Waals surface area contributed by atoms with Crippen molar-refractivity contribution in [2.24, 2.45) is 11.8 Å². The van der Waals surface area contributed by atoms with Crippen molar-refractivity contribution in [3.05, 3.63) is 12.2 Å². The second-order valence-electron chi connectivity index (χ2n) is 5.15. The smallest absolute Gasteiger partial charge is 0.225 e. The molecular weight excluding hydrogens is 242 g/mol. The first-order valence-electron chi connectivity index (χ1n) is 6.93. The summed E-state index contributed by atoms with van der Waals surface area (Å²) in [5.41, 5.74) is 0. The Kier molecular flexibility index (Phi) is 9.13. The first-order valence-corrected chi connectivity index (χ1v) is 6.93. The van der Waals surface area contributed by atoms with Crippen LogP contribution in [0.25, 0.3) is 0 Å². The number of morpholine rings is 1. The van der Waals surface area contributed by atoms with Gasteiger partial charge in [0.1, 0.15) is 0 Å². The van der Waals surface area contributed by atoms with E-state index in [-0.39, 0.29) is 23.5 Å². The highest BCUT2D eigenvalue weighted by Gasteiger charge is 2.18. The van der Waals surface area contributed by atoms with Crippen molar-refractivity contribution in [2.45, 2.75) is 34.6 Å². The fourth-order valence-electron chi connectivity index (χ4n) is 1.51. The van der Waals surface area contributed by atoms with Gasteiger partial charge < -0.3 is 9.64 Å². The zero-order valence-electron chi connectivity index (χ0n) is 12.8. The number of amides is 1. The van der Waals surface area contributed by atoms with Crippen molar-refractivity contribution in [2.75, 3.05) is 26.3 Å². The molecule has 1 amide bonds. The van der Waals surface area contributed by atoms with Crippen LogP contribution in [-0.4, -0.2) is 42.9 Å². The van der Waals surface area contributed by atoms with Gasteiger partial charge in [-0.1, -0.05) is 33.8 Å². The van der Waals surface area contributed by atoms with E-state index >= 15 is 0 Å². The summed E-state index contributed by atoms with van der Waals surface area (Å²) in [6, 6.07) is 0. The van der Waals surface area contributed by atoms with Crippen LogP contribution in [0.2, 0.25) is 0 Å². The zero-order chi connectivity index (χ0) is 14.8. The van der Waals surface area contributed by atoms with E-state index in [9.17, 15) is 9.59 Å². The maximum absolute atomic E-state index is 11.4. The topological polar surface area (TPSA) is 46.6 Å². The molecule has 1 aliphatic rings. The Labute approximate surface area is 116 Å². The van der Waals surface area contributed by atoms with E-state index in [4.69, 9.17) is 4.74 Å². The van der Waals surface area contributed by atoms with E-state index in [1.165, 1.54) is 0 Å². The molecule has 0 aromatic rings. The molecule has 4 nitrogen and oxygen atoms in total. The quantitative estimate of drug-likeness (QED) is 0.739. The van der Waals surface area contributed by atoms with Crippen molar-refractivity contribution >= 4 is 11.7 Å². The summed E-state index contributed by atoms with van der Waals surface area (Å²) in [5.74, 6) is 0.708. The fraction of sp³-hybridized carbons (Fsp3) is 0.733. The van der Waals surface area contributed by atoms with Crippen LogP contribution in [-0.2, 0) is 14.3 Å². The van der Waals surface area contributed by atoms with Gasteiger partial charge in [0.2, 0.25) is 5.91 Å². The number of ether oxygens (including phenoxy) is 1. The van der Waals surface area contributed by atoms with Gasteiger partial charge in [-0.05, 0) is 13.0 Å². The number of carbonyl (C=O) groups is 2. The molecule has 0 radical (unpaired) electrons. The number of allylic oxidation sites excluding steroid dienone is 2. The molecule has 1 aliphatic heterocycles. The Hall–Kier alpha value is -1.16. The third kappa shape index (κ3) is 7.78. The zero-order valence-corrected chi connectivity index (χ0v) is 12.8. The van der Waals surface area contributed by atoms with Gasteiger partial charge in [0.05, 0.1) is 13.2 Å². The highest BCUT2D eigenvalue weighted by molar-refractivity contribution is 5.90. The highest BCUT2D eigenvalue weighted by atomic mass is 16.5. The van der Waals surface area contributed by atoms with Crippen molar-refractivity contribution in [1.82, 2.24) is 4.90 Å². The predicted molar refractivity (Wildman–Crippen MR) is 76.9 cm³/mol. The average Bonchev–Trinajstić information content (AvgIpc) is 2.39. The SMILES string of the molecule is CC(C)C(=O)N1CCOCC1.CC=CC(=O)C(C)C. The van der Waals surface area contributed by atoms with Crippen LogP contribution in [0, 0.1) is 11.8 Å². The van der Waals surface area contributed by atoms with E-state index < -0.39 is 0 Å². The molecule has 0 aliphatic carbocycles. The largest absolute Gasteiger partial charge is 0.378 e. The Morgan fingerprint density at radius 1 is 1.05 bits per heavy atom. The lowest BCUT2D eigenvalue weighted by atomic mass is 10.1. The first kappa shape index (κ1) is 17.8.